The number of carboxylic acid groups (broad SMARTS) is 1. The number of hydrogen-bond donors (Lipinski definition) is 1. The quantitative estimate of drug-likeness (QED) is 0.420. The Labute approximate surface area is 87.4 Å². The first-order valence-corrected chi connectivity index (χ1v) is 3.82. The highest BCUT2D eigenvalue weighted by molar-refractivity contribution is 6.04. The van der Waals surface area contributed by atoms with Crippen LogP contribution >= 0.6 is 0 Å². The van der Waals surface area contributed by atoms with E-state index in [1.165, 1.54) is 6.08 Å². The Bertz CT molecular complexity index is 262. The van der Waals surface area contributed by atoms with E-state index in [1.807, 2.05) is 0 Å². The highest BCUT2D eigenvalue weighted by atomic mass is 16.6. The second-order valence-electron chi connectivity index (χ2n) is 1.96. The van der Waals surface area contributed by atoms with Gasteiger partial charge < -0.3 is 9.84 Å². The summed E-state index contributed by atoms with van der Waals surface area (Å²) in [6, 6.07) is 0. The molecule has 0 spiro atoms. The molecule has 0 radical (unpaired) electrons. The van der Waals surface area contributed by atoms with Crippen molar-refractivity contribution in [3.8, 4) is 0 Å². The maximum atomic E-state index is 9.92. The van der Waals surface area contributed by atoms with Gasteiger partial charge in [-0.25, -0.2) is 9.59 Å². The molecular weight excluding hydrogens is 200 g/mol. The van der Waals surface area contributed by atoms with Crippen LogP contribution < -0.4 is 0 Å². The predicted molar refractivity (Wildman–Crippen MR) is 53.9 cm³/mol. The molecule has 1 rings (SSSR count). The zero-order valence-corrected chi connectivity index (χ0v) is 8.14. The number of aliphatic carboxylic acids is 1. The molecule has 0 aromatic rings. The van der Waals surface area contributed by atoms with Crippen LogP contribution in [0, 0.1) is 0 Å². The van der Waals surface area contributed by atoms with Crippen LogP contribution in [0.25, 0.3) is 0 Å². The number of esters is 2. The average Bonchev–Trinajstić information content (AvgIpc) is 2.54. The lowest BCUT2D eigenvalue weighted by Crippen LogP contribution is -1.96. The van der Waals surface area contributed by atoms with Crippen molar-refractivity contribution >= 4 is 17.9 Å². The third-order valence-electron chi connectivity index (χ3n) is 0.876. The van der Waals surface area contributed by atoms with Crippen molar-refractivity contribution in [3.05, 3.63) is 38.0 Å². The van der Waals surface area contributed by atoms with Crippen molar-refractivity contribution in [2.45, 2.75) is 6.42 Å². The predicted octanol–water partition coefficient (Wildman–Crippen LogP) is 1.08. The largest absolute Gasteiger partial charge is 0.481 e. The van der Waals surface area contributed by atoms with Crippen LogP contribution in [0.5, 0.6) is 0 Å². The summed E-state index contributed by atoms with van der Waals surface area (Å²) < 4.78 is 3.97. The van der Waals surface area contributed by atoms with Crippen molar-refractivity contribution in [2.24, 2.45) is 0 Å². The molecule has 0 aromatic heterocycles. The van der Waals surface area contributed by atoms with Crippen molar-refractivity contribution in [1.29, 1.82) is 0 Å². The van der Waals surface area contributed by atoms with E-state index in [4.69, 9.17) is 5.11 Å². The fraction of sp³-hybridized carbons (Fsp3) is 0.100. The van der Waals surface area contributed by atoms with Crippen LogP contribution in [0.3, 0.4) is 0 Å². The van der Waals surface area contributed by atoms with Gasteiger partial charge >= 0.3 is 17.9 Å². The van der Waals surface area contributed by atoms with Gasteiger partial charge in [0.1, 0.15) is 0 Å². The normalized spacial score (nSPS) is 11.5. The topological polar surface area (TPSA) is 80.7 Å². The molecule has 1 heterocycles. The van der Waals surface area contributed by atoms with Gasteiger partial charge in [-0.3, -0.25) is 4.79 Å². The fourth-order valence-corrected chi connectivity index (χ4v) is 0.427. The van der Waals surface area contributed by atoms with E-state index in [9.17, 15) is 14.4 Å². The molecule has 0 atom stereocenters. The van der Waals surface area contributed by atoms with Gasteiger partial charge in [-0.15, -0.1) is 19.7 Å². The van der Waals surface area contributed by atoms with E-state index in [1.54, 1.807) is 0 Å². The van der Waals surface area contributed by atoms with Crippen LogP contribution in [0.2, 0.25) is 0 Å². The maximum Gasteiger partial charge on any atom is 0.338 e. The van der Waals surface area contributed by atoms with Gasteiger partial charge in [-0.2, -0.15) is 0 Å². The molecule has 0 aromatic carbocycles. The van der Waals surface area contributed by atoms with Crippen LogP contribution in [0.1, 0.15) is 6.42 Å². The van der Waals surface area contributed by atoms with Gasteiger partial charge in [-0.05, 0) is 0 Å². The van der Waals surface area contributed by atoms with Crippen LogP contribution in [-0.4, -0.2) is 23.0 Å². The van der Waals surface area contributed by atoms with Gasteiger partial charge in [0.25, 0.3) is 0 Å². The lowest BCUT2D eigenvalue weighted by atomic mass is 10.4. The maximum absolute atomic E-state index is 9.92. The van der Waals surface area contributed by atoms with Crippen molar-refractivity contribution in [2.75, 3.05) is 0 Å². The Hall–Kier alpha value is -2.17. The third-order valence-corrected chi connectivity index (χ3v) is 0.876. The SMILES string of the molecule is C=C.C=CCC(=O)O.O=C1C=CC(=O)O1. The molecule has 0 amide bonds. The van der Waals surface area contributed by atoms with Gasteiger partial charge in [-0.1, -0.05) is 6.08 Å². The number of cyclic esters (lactones) is 2. The van der Waals surface area contributed by atoms with Gasteiger partial charge in [0.2, 0.25) is 0 Å². The zero-order chi connectivity index (χ0) is 12.3. The first kappa shape index (κ1) is 15.3. The lowest BCUT2D eigenvalue weighted by Gasteiger charge is -1.80. The Balaban J connectivity index is 0. The minimum Gasteiger partial charge on any atom is -0.481 e. The second kappa shape index (κ2) is 9.91. The fourth-order valence-electron chi connectivity index (χ4n) is 0.427. The standard InChI is InChI=1S/C4H2O3.C4H6O2.C2H4/c5-3-1-2-4(6)7-3;1-2-3-4(5)6;1-2/h1-2H;2H,1,3H2,(H,5,6);1-2H2. The van der Waals surface area contributed by atoms with E-state index < -0.39 is 17.9 Å². The highest BCUT2D eigenvalue weighted by Gasteiger charge is 2.10. The second-order valence-corrected chi connectivity index (χ2v) is 1.96. The molecule has 5 nitrogen and oxygen atoms in total. The summed E-state index contributed by atoms with van der Waals surface area (Å²) in [5.74, 6) is -1.99. The third kappa shape index (κ3) is 11.8. The van der Waals surface area contributed by atoms with Crippen molar-refractivity contribution in [3.63, 3.8) is 0 Å². The summed E-state index contributed by atoms with van der Waals surface area (Å²) in [6.45, 7) is 9.22. The number of carbonyl (C=O) groups is 3. The summed E-state index contributed by atoms with van der Waals surface area (Å²) in [7, 11) is 0. The van der Waals surface area contributed by atoms with E-state index >= 15 is 0 Å². The Morgan fingerprint density at radius 2 is 1.73 bits per heavy atom. The van der Waals surface area contributed by atoms with Gasteiger partial charge in [0, 0.05) is 12.2 Å². The van der Waals surface area contributed by atoms with E-state index in [2.05, 4.69) is 24.5 Å². The molecule has 1 aliphatic heterocycles. The number of carboxylic acids is 1. The van der Waals surface area contributed by atoms with Crippen LogP contribution in [-0.2, 0) is 19.1 Å². The van der Waals surface area contributed by atoms with Crippen LogP contribution in [0.15, 0.2) is 38.0 Å². The molecule has 1 aliphatic rings. The molecule has 5 heteroatoms. The first-order chi connectivity index (χ1) is 7.06. The molecular formula is C10H12O5. The molecule has 0 saturated heterocycles. The van der Waals surface area contributed by atoms with E-state index in [0.717, 1.165) is 12.2 Å². The number of ether oxygens (including phenoxy) is 1. The molecule has 15 heavy (non-hydrogen) atoms. The zero-order valence-electron chi connectivity index (χ0n) is 8.14. The summed E-state index contributed by atoms with van der Waals surface area (Å²) in [6.07, 6.45) is 3.58. The highest BCUT2D eigenvalue weighted by Crippen LogP contribution is 1.92. The minimum atomic E-state index is -0.829. The van der Waals surface area contributed by atoms with E-state index in [-0.39, 0.29) is 6.42 Å². The van der Waals surface area contributed by atoms with E-state index in [0.29, 0.717) is 0 Å². The summed E-state index contributed by atoms with van der Waals surface area (Å²) >= 11 is 0. The average molecular weight is 212 g/mol. The summed E-state index contributed by atoms with van der Waals surface area (Å²) in [4.78, 5) is 29.4. The van der Waals surface area contributed by atoms with Crippen molar-refractivity contribution < 1.29 is 24.2 Å². The number of hydrogen-bond acceptors (Lipinski definition) is 4. The molecule has 0 aliphatic carbocycles. The lowest BCUT2D eigenvalue weighted by molar-refractivity contribution is -0.150. The molecule has 82 valence electrons. The number of rotatable bonds is 2. The Morgan fingerprint density at radius 1 is 1.33 bits per heavy atom. The van der Waals surface area contributed by atoms with Gasteiger partial charge in [0.05, 0.1) is 6.42 Å². The first-order valence-electron chi connectivity index (χ1n) is 3.82. The molecule has 0 fully saturated rings. The molecule has 0 bridgehead atoms. The molecule has 0 unspecified atom stereocenters. The Morgan fingerprint density at radius 3 is 1.80 bits per heavy atom. The number of carbonyl (C=O) groups excluding carboxylic acids is 2. The minimum absolute atomic E-state index is 0.0556. The molecule has 0 saturated carbocycles. The summed E-state index contributed by atoms with van der Waals surface area (Å²) in [5, 5.41) is 7.84. The van der Waals surface area contributed by atoms with Gasteiger partial charge in [0.15, 0.2) is 0 Å². The smallest absolute Gasteiger partial charge is 0.338 e. The summed E-state index contributed by atoms with van der Waals surface area (Å²) in [5.41, 5.74) is 0. The Kier molecular flexibility index (Phi) is 10.1. The van der Waals surface area contributed by atoms with Crippen molar-refractivity contribution in [1.82, 2.24) is 0 Å². The molecule has 1 N–H and O–H groups in total. The monoisotopic (exact) mass is 212 g/mol. The van der Waals surface area contributed by atoms with Crippen LogP contribution in [0.4, 0.5) is 0 Å².